The highest BCUT2D eigenvalue weighted by Gasteiger charge is 2.35. The zero-order valence-electron chi connectivity index (χ0n) is 23.8. The highest BCUT2D eigenvalue weighted by Crippen LogP contribution is 2.55. The molecule has 0 fully saturated rings. The van der Waals surface area contributed by atoms with Gasteiger partial charge in [0.25, 0.3) is 11.4 Å². The molecule has 0 radical (unpaired) electrons. The van der Waals surface area contributed by atoms with Crippen LogP contribution in [0.2, 0.25) is 0 Å². The van der Waals surface area contributed by atoms with Crippen molar-refractivity contribution < 1.29 is 36.2 Å². The Balaban J connectivity index is 1.28. The topological polar surface area (TPSA) is 137 Å². The van der Waals surface area contributed by atoms with E-state index in [1.165, 1.54) is 34.8 Å². The quantitative estimate of drug-likeness (QED) is 0.0641. The number of thioether (sulfide) groups is 2. The summed E-state index contributed by atoms with van der Waals surface area (Å²) in [6.45, 7) is 0. The van der Waals surface area contributed by atoms with E-state index in [0.717, 1.165) is 47.3 Å². The van der Waals surface area contributed by atoms with Gasteiger partial charge in [0.15, 0.2) is 0 Å². The van der Waals surface area contributed by atoms with Gasteiger partial charge in [0.1, 0.15) is 22.4 Å². The van der Waals surface area contributed by atoms with E-state index in [1.54, 1.807) is 24.3 Å². The lowest BCUT2D eigenvalue weighted by atomic mass is 10.0. The van der Waals surface area contributed by atoms with Crippen molar-refractivity contribution in [1.29, 1.82) is 0 Å². The molecule has 3 aromatic carbocycles. The first-order valence-corrected chi connectivity index (χ1v) is 18.1. The standard InChI is InChI=1S/C28H10F6N6O4S6/c29-27(30,31)47-17-3-1-11(9-13(17)39(41)42)15-5-7-19(45-15)21-23-25(37-49-35-23)22(26-24(21)36-50-38-26)20-8-6-16(46-20)12-2-4-18(48-28(32,33)34)14(10-12)40(43)44/h1-10H. The molecule has 254 valence electrons. The van der Waals surface area contributed by atoms with Crippen LogP contribution in [0, 0.1) is 20.2 Å². The first-order chi connectivity index (χ1) is 23.7. The molecule has 7 rings (SSSR count). The van der Waals surface area contributed by atoms with E-state index in [9.17, 15) is 46.6 Å². The molecule has 0 N–H and O–H groups in total. The number of benzene rings is 3. The van der Waals surface area contributed by atoms with Crippen LogP contribution in [0.15, 0.2) is 79.2 Å². The summed E-state index contributed by atoms with van der Waals surface area (Å²) in [5.74, 6) is 0. The van der Waals surface area contributed by atoms with Gasteiger partial charge in [0.05, 0.1) is 42.7 Å². The van der Waals surface area contributed by atoms with Crippen molar-refractivity contribution in [2.45, 2.75) is 20.8 Å². The normalized spacial score (nSPS) is 12.8. The van der Waals surface area contributed by atoms with Gasteiger partial charge >= 0.3 is 11.0 Å². The van der Waals surface area contributed by atoms with Crippen molar-refractivity contribution in [3.05, 3.63) is 80.9 Å². The van der Waals surface area contributed by atoms with E-state index in [2.05, 4.69) is 17.5 Å². The summed E-state index contributed by atoms with van der Waals surface area (Å²) in [6, 6.07) is 13.9. The number of thiophene rings is 2. The van der Waals surface area contributed by atoms with Crippen LogP contribution in [0.1, 0.15) is 0 Å². The van der Waals surface area contributed by atoms with E-state index in [4.69, 9.17) is 0 Å². The molecule has 50 heavy (non-hydrogen) atoms. The molecule has 1 aliphatic heterocycles. The maximum absolute atomic E-state index is 13.0. The Kier molecular flexibility index (Phi) is 8.79. The van der Waals surface area contributed by atoms with Crippen LogP contribution < -0.4 is 0 Å². The summed E-state index contributed by atoms with van der Waals surface area (Å²) in [7, 11) is 0. The minimum atomic E-state index is -4.70. The zero-order valence-corrected chi connectivity index (χ0v) is 28.7. The van der Waals surface area contributed by atoms with E-state index < -0.39 is 65.6 Å². The van der Waals surface area contributed by atoms with E-state index in [1.807, 2.05) is 0 Å². The summed E-state index contributed by atoms with van der Waals surface area (Å²) < 4.78 is 96.0. The third kappa shape index (κ3) is 6.65. The lowest BCUT2D eigenvalue weighted by molar-refractivity contribution is -0.387. The second-order valence-corrected chi connectivity index (χ2v) is 15.4. The number of alkyl halides is 6. The second kappa shape index (κ2) is 12.8. The van der Waals surface area contributed by atoms with Gasteiger partial charge in [-0.1, -0.05) is 12.1 Å². The smallest absolute Gasteiger partial charge is 0.258 e. The molecular weight excluding hydrogens is 791 g/mol. The number of nitro groups is 2. The van der Waals surface area contributed by atoms with Gasteiger partial charge in [-0.15, -0.1) is 22.7 Å². The summed E-state index contributed by atoms with van der Waals surface area (Å²) in [5.41, 5.74) is -7.02. The highest BCUT2D eigenvalue weighted by atomic mass is 32.2. The zero-order chi connectivity index (χ0) is 35.5. The number of aromatic nitrogens is 2. The molecule has 0 unspecified atom stereocenters. The number of halogens is 6. The molecule has 0 saturated heterocycles. The van der Waals surface area contributed by atoms with Crippen molar-refractivity contribution in [3.63, 3.8) is 0 Å². The van der Waals surface area contributed by atoms with Crippen LogP contribution in [-0.2, 0) is 11.4 Å². The van der Waals surface area contributed by atoms with Gasteiger partial charge in [-0.05, 0) is 71.0 Å². The monoisotopic (exact) mass is 800 g/mol. The van der Waals surface area contributed by atoms with Gasteiger partial charge in [-0.25, -0.2) is 0 Å². The van der Waals surface area contributed by atoms with Crippen molar-refractivity contribution >= 4 is 103 Å². The van der Waals surface area contributed by atoms with Crippen LogP contribution in [0.4, 0.5) is 49.1 Å². The van der Waals surface area contributed by atoms with Gasteiger partial charge in [0, 0.05) is 42.8 Å². The maximum Gasteiger partial charge on any atom is 0.446 e. The predicted octanol–water partition coefficient (Wildman–Crippen LogP) is 12.2. The molecule has 6 aromatic rings. The van der Waals surface area contributed by atoms with Crippen LogP contribution in [-0.4, -0.2) is 29.6 Å². The lowest BCUT2D eigenvalue weighted by Crippen LogP contribution is -2.01. The summed E-state index contributed by atoms with van der Waals surface area (Å²) in [6.07, 6.45) is 0. The number of nitro benzene ring substituents is 2. The fraction of sp³-hybridized carbons (Fsp3) is 0.0714. The van der Waals surface area contributed by atoms with E-state index in [-0.39, 0.29) is 0 Å². The Morgan fingerprint density at radius 3 is 1.38 bits per heavy atom. The molecular formula is C28H10F6N6O4S6. The maximum atomic E-state index is 13.0. The number of fused-ring (bicyclic) bond motifs is 2. The Hall–Kier alpha value is -4.22. The third-order valence-corrected chi connectivity index (χ3v) is 11.9. The molecule has 1 aliphatic rings. The molecule has 0 atom stereocenters. The Morgan fingerprint density at radius 1 is 0.600 bits per heavy atom. The second-order valence-electron chi connectivity index (χ2n) is 9.98. The number of hydrogen-bond donors (Lipinski definition) is 0. The van der Waals surface area contributed by atoms with E-state index >= 15 is 0 Å². The molecule has 0 amide bonds. The summed E-state index contributed by atoms with van der Waals surface area (Å²) in [5, 5.41) is 23.2. The molecule has 0 saturated carbocycles. The predicted molar refractivity (Wildman–Crippen MR) is 184 cm³/mol. The highest BCUT2D eigenvalue weighted by molar-refractivity contribution is 8.00. The molecule has 0 aliphatic carbocycles. The van der Waals surface area contributed by atoms with Crippen molar-refractivity contribution in [2.24, 2.45) is 8.73 Å². The third-order valence-electron chi connectivity index (χ3n) is 6.96. The fourth-order valence-electron chi connectivity index (χ4n) is 5.03. The number of nitrogens with zero attached hydrogens (tertiary/aromatic N) is 6. The van der Waals surface area contributed by atoms with Gasteiger partial charge in [0.2, 0.25) is 0 Å². The average Bonchev–Trinajstić information content (AvgIpc) is 3.86. The fourth-order valence-corrected chi connectivity index (χ4v) is 9.49. The largest absolute Gasteiger partial charge is 0.446 e. The molecule has 3 aromatic heterocycles. The van der Waals surface area contributed by atoms with Crippen molar-refractivity contribution in [2.75, 3.05) is 0 Å². The molecule has 22 heteroatoms. The lowest BCUT2D eigenvalue weighted by Gasteiger charge is -2.10. The Morgan fingerprint density at radius 2 is 1.00 bits per heavy atom. The first-order valence-electron chi connectivity index (χ1n) is 13.4. The minimum absolute atomic E-state index is 0.341. The van der Waals surface area contributed by atoms with E-state index in [0.29, 0.717) is 64.2 Å². The Labute approximate surface area is 298 Å². The van der Waals surface area contributed by atoms with Gasteiger partial charge in [-0.2, -0.15) is 43.8 Å². The minimum Gasteiger partial charge on any atom is -0.258 e. The van der Waals surface area contributed by atoms with Crippen LogP contribution >= 0.6 is 57.9 Å². The Bertz CT molecular complexity index is 2290. The first kappa shape index (κ1) is 34.2. The molecule has 0 spiro atoms. The average molecular weight is 801 g/mol. The molecule has 4 heterocycles. The SMILES string of the molecule is O=[N+]([O-])c1cc(-c2ccc(-c3c4c(c(-c5ccc(-c6ccc(SC(F)(F)F)c([N+](=O)[O-])c6)s5)c5nsnc35)N=S=N4)s2)ccc1SC(F)(F)F. The van der Waals surface area contributed by atoms with Gasteiger partial charge in [-0.3, -0.25) is 20.2 Å². The number of hydrogen-bond acceptors (Lipinski definition) is 13. The molecule has 0 bridgehead atoms. The van der Waals surface area contributed by atoms with Gasteiger partial charge < -0.3 is 0 Å². The number of rotatable bonds is 8. The van der Waals surface area contributed by atoms with Crippen LogP contribution in [0.5, 0.6) is 0 Å². The van der Waals surface area contributed by atoms with Crippen LogP contribution in [0.3, 0.4) is 0 Å². The molecule has 10 nitrogen and oxygen atoms in total. The van der Waals surface area contributed by atoms with Crippen molar-refractivity contribution in [1.82, 2.24) is 8.75 Å². The summed E-state index contributed by atoms with van der Waals surface area (Å²) in [4.78, 5) is 22.8. The van der Waals surface area contributed by atoms with Crippen LogP contribution in [0.25, 0.3) is 52.8 Å². The van der Waals surface area contributed by atoms with Crippen molar-refractivity contribution in [3.8, 4) is 41.8 Å². The summed E-state index contributed by atoms with van der Waals surface area (Å²) >= 11 is 3.19.